The maximum Gasteiger partial charge on any atom is 0.417 e. The van der Waals surface area contributed by atoms with Gasteiger partial charge in [-0.25, -0.2) is 0 Å². The van der Waals surface area contributed by atoms with Crippen LogP contribution in [0.4, 0.5) is 13.2 Å². The van der Waals surface area contributed by atoms with E-state index >= 15 is 0 Å². The van der Waals surface area contributed by atoms with Gasteiger partial charge in [-0.2, -0.15) is 30.2 Å². The minimum absolute atomic E-state index is 0.125. The Labute approximate surface area is 172 Å². The molecule has 0 saturated carbocycles. The highest BCUT2D eigenvalue weighted by Gasteiger charge is 2.34. The van der Waals surface area contributed by atoms with Crippen LogP contribution in [0.2, 0.25) is 0 Å². The van der Waals surface area contributed by atoms with Crippen molar-refractivity contribution in [1.82, 2.24) is 4.98 Å². The lowest BCUT2D eigenvalue weighted by atomic mass is 9.92. The lowest BCUT2D eigenvalue weighted by Crippen LogP contribution is -2.09. The van der Waals surface area contributed by atoms with Crippen molar-refractivity contribution in [3.63, 3.8) is 0 Å². The molecule has 0 aliphatic carbocycles. The molecule has 2 aromatic carbocycles. The fourth-order valence-corrected chi connectivity index (χ4v) is 3.77. The molecule has 0 atom stereocenters. The predicted octanol–water partition coefficient (Wildman–Crippen LogP) is 6.43. The molecule has 1 aromatic heterocycles. The molecule has 0 bridgehead atoms. The molecule has 0 aliphatic rings. The Bertz CT molecular complexity index is 1010. The van der Waals surface area contributed by atoms with Gasteiger partial charge in [0, 0.05) is 30.3 Å². The Morgan fingerprint density at radius 2 is 1.90 bits per heavy atom. The van der Waals surface area contributed by atoms with Crippen LogP contribution < -0.4 is 0 Å². The largest absolute Gasteiger partial charge is 0.417 e. The molecule has 3 rings (SSSR count). The normalized spacial score (nSPS) is 11.3. The Morgan fingerprint density at radius 3 is 2.52 bits per heavy atom. The number of thioether (sulfide) groups is 1. The molecule has 147 valence electrons. The lowest BCUT2D eigenvalue weighted by molar-refractivity contribution is -0.137. The van der Waals surface area contributed by atoms with Gasteiger partial charge in [-0.3, -0.25) is 4.98 Å². The summed E-state index contributed by atoms with van der Waals surface area (Å²) in [7, 11) is 0. The van der Waals surface area contributed by atoms with Crippen molar-refractivity contribution in [1.29, 1.82) is 5.26 Å². The van der Waals surface area contributed by atoms with E-state index in [0.717, 1.165) is 16.9 Å². The number of pyridine rings is 1. The van der Waals surface area contributed by atoms with Crippen LogP contribution in [0.5, 0.6) is 0 Å². The highest BCUT2D eigenvalue weighted by atomic mass is 32.2. The summed E-state index contributed by atoms with van der Waals surface area (Å²) >= 11 is 1.62. The van der Waals surface area contributed by atoms with Crippen molar-refractivity contribution in [2.75, 3.05) is 5.75 Å². The van der Waals surface area contributed by atoms with Crippen LogP contribution in [0.15, 0.2) is 60.9 Å². The first kappa shape index (κ1) is 20.9. The van der Waals surface area contributed by atoms with Crippen LogP contribution in [0.25, 0.3) is 11.1 Å². The number of rotatable bonds is 6. The Hall–Kier alpha value is -2.78. The van der Waals surface area contributed by atoms with Gasteiger partial charge < -0.3 is 0 Å². The fraction of sp³-hybridized carbons (Fsp3) is 0.174. The highest BCUT2D eigenvalue weighted by Crippen LogP contribution is 2.39. The second kappa shape index (κ2) is 9.15. The standard InChI is InChI=1S/C23H18F3N2S/c1-16-11-21(19-6-4-17(13-27)5-7-19)22(23(24,25)26)12-20(16)8-10-29-15-18-3-2-9-28-14-18/h2-9,11-12,14H,10,15H2,1H3. The smallest absolute Gasteiger partial charge is 0.264 e. The van der Waals surface area contributed by atoms with Crippen LogP contribution in [0, 0.1) is 24.7 Å². The van der Waals surface area contributed by atoms with Gasteiger partial charge in [-0.15, -0.1) is 0 Å². The topological polar surface area (TPSA) is 36.7 Å². The highest BCUT2D eigenvalue weighted by molar-refractivity contribution is 7.98. The average Bonchev–Trinajstić information content (AvgIpc) is 2.72. The van der Waals surface area contributed by atoms with Crippen molar-refractivity contribution < 1.29 is 13.2 Å². The molecule has 29 heavy (non-hydrogen) atoms. The zero-order valence-electron chi connectivity index (χ0n) is 15.7. The molecule has 0 spiro atoms. The predicted molar refractivity (Wildman–Crippen MR) is 110 cm³/mol. The second-order valence-electron chi connectivity index (χ2n) is 6.52. The number of nitriles is 1. The molecule has 3 aromatic rings. The molecule has 0 unspecified atom stereocenters. The van der Waals surface area contributed by atoms with E-state index in [0.29, 0.717) is 22.4 Å². The summed E-state index contributed by atoms with van der Waals surface area (Å²) in [6.45, 7) is 1.81. The van der Waals surface area contributed by atoms with Crippen LogP contribution in [-0.2, 0) is 11.9 Å². The number of nitrogens with zero attached hydrogens (tertiary/aromatic N) is 2. The second-order valence-corrected chi connectivity index (χ2v) is 7.55. The summed E-state index contributed by atoms with van der Waals surface area (Å²) in [6, 6.07) is 14.8. The Kier molecular flexibility index (Phi) is 6.60. The monoisotopic (exact) mass is 411 g/mol. The van der Waals surface area contributed by atoms with E-state index in [-0.39, 0.29) is 5.56 Å². The van der Waals surface area contributed by atoms with E-state index in [9.17, 15) is 13.2 Å². The minimum Gasteiger partial charge on any atom is -0.264 e. The quantitative estimate of drug-likeness (QED) is 0.438. The average molecular weight is 411 g/mol. The van der Waals surface area contributed by atoms with E-state index < -0.39 is 11.7 Å². The Morgan fingerprint density at radius 1 is 1.14 bits per heavy atom. The zero-order chi connectivity index (χ0) is 20.9. The molecule has 0 amide bonds. The molecule has 6 heteroatoms. The van der Waals surface area contributed by atoms with Crippen LogP contribution in [-0.4, -0.2) is 10.7 Å². The van der Waals surface area contributed by atoms with Crippen molar-refractivity contribution >= 4 is 11.8 Å². The van der Waals surface area contributed by atoms with Gasteiger partial charge in [0.2, 0.25) is 0 Å². The van der Waals surface area contributed by atoms with E-state index in [4.69, 9.17) is 5.26 Å². The number of alkyl halides is 3. The summed E-state index contributed by atoms with van der Waals surface area (Å²) in [5, 5.41) is 8.90. The van der Waals surface area contributed by atoms with Crippen molar-refractivity contribution in [3.05, 3.63) is 95.2 Å². The molecule has 2 nitrogen and oxygen atoms in total. The van der Waals surface area contributed by atoms with Gasteiger partial charge in [0.15, 0.2) is 0 Å². The summed E-state index contributed by atoms with van der Waals surface area (Å²) < 4.78 is 41.2. The van der Waals surface area contributed by atoms with E-state index in [1.165, 1.54) is 18.2 Å². The van der Waals surface area contributed by atoms with E-state index in [2.05, 4.69) is 4.98 Å². The van der Waals surface area contributed by atoms with Crippen LogP contribution in [0.1, 0.15) is 27.8 Å². The maximum atomic E-state index is 13.7. The molecule has 0 aliphatic heterocycles. The first-order chi connectivity index (χ1) is 13.9. The lowest BCUT2D eigenvalue weighted by Gasteiger charge is -2.17. The molecular formula is C23H18F3N2S. The van der Waals surface area contributed by atoms with Gasteiger partial charge in [-0.05, 0) is 59.0 Å². The third kappa shape index (κ3) is 5.39. The van der Waals surface area contributed by atoms with E-state index in [1.807, 2.05) is 31.5 Å². The SMILES string of the molecule is Cc1cc(-c2ccc(C#N)cc2)c(C(F)(F)F)cc1[CH]CSCc1cccnc1. The summed E-state index contributed by atoms with van der Waals surface area (Å²) in [5.74, 6) is 1.35. The summed E-state index contributed by atoms with van der Waals surface area (Å²) in [6.07, 6.45) is 0.848. The molecule has 1 radical (unpaired) electrons. The first-order valence-electron chi connectivity index (χ1n) is 8.90. The fourth-order valence-electron chi connectivity index (χ4n) is 2.95. The number of benzene rings is 2. The molecule has 0 saturated heterocycles. The number of aryl methyl sites for hydroxylation is 1. The van der Waals surface area contributed by atoms with Crippen molar-refractivity contribution in [2.24, 2.45) is 0 Å². The van der Waals surface area contributed by atoms with Crippen molar-refractivity contribution in [2.45, 2.75) is 18.9 Å². The van der Waals surface area contributed by atoms with Crippen LogP contribution >= 0.6 is 11.8 Å². The van der Waals surface area contributed by atoms with Gasteiger partial charge in [0.25, 0.3) is 0 Å². The van der Waals surface area contributed by atoms with E-state index in [1.54, 1.807) is 42.4 Å². The molecular weight excluding hydrogens is 393 g/mol. The number of hydrogen-bond acceptors (Lipinski definition) is 3. The van der Waals surface area contributed by atoms with Gasteiger partial charge in [0.1, 0.15) is 0 Å². The zero-order valence-corrected chi connectivity index (χ0v) is 16.5. The van der Waals surface area contributed by atoms with Gasteiger partial charge in [0.05, 0.1) is 17.2 Å². The number of aromatic nitrogens is 1. The third-order valence-electron chi connectivity index (χ3n) is 4.45. The first-order valence-corrected chi connectivity index (χ1v) is 10.1. The number of halogens is 3. The summed E-state index contributed by atoms with van der Waals surface area (Å²) in [5.41, 5.74) is 2.74. The molecule has 1 heterocycles. The maximum absolute atomic E-state index is 13.7. The van der Waals surface area contributed by atoms with Crippen molar-refractivity contribution in [3.8, 4) is 17.2 Å². The minimum atomic E-state index is -4.47. The number of hydrogen-bond donors (Lipinski definition) is 0. The van der Waals surface area contributed by atoms with Gasteiger partial charge in [-0.1, -0.05) is 24.3 Å². The van der Waals surface area contributed by atoms with Gasteiger partial charge >= 0.3 is 6.18 Å². The third-order valence-corrected chi connectivity index (χ3v) is 5.39. The van der Waals surface area contributed by atoms with Crippen LogP contribution in [0.3, 0.4) is 0 Å². The summed E-state index contributed by atoms with van der Waals surface area (Å²) in [4.78, 5) is 4.06. The Balaban J connectivity index is 1.81. The molecule has 0 N–H and O–H groups in total. The molecule has 0 fully saturated rings.